The highest BCUT2D eigenvalue weighted by atomic mass is 16.5. The minimum atomic E-state index is -0.271. The number of aromatic nitrogens is 3. The van der Waals surface area contributed by atoms with E-state index in [9.17, 15) is 9.59 Å². The third-order valence-electron chi connectivity index (χ3n) is 4.55. The summed E-state index contributed by atoms with van der Waals surface area (Å²) in [5.74, 6) is 0.354. The van der Waals surface area contributed by atoms with E-state index in [2.05, 4.69) is 15.4 Å². The molecule has 7 nitrogen and oxygen atoms in total. The molecule has 0 saturated carbocycles. The van der Waals surface area contributed by atoms with E-state index in [-0.39, 0.29) is 31.2 Å². The minimum absolute atomic E-state index is 0.102. The van der Waals surface area contributed by atoms with E-state index in [0.717, 1.165) is 5.69 Å². The number of carbonyl (C=O) groups excluding carboxylic acids is 1. The molecule has 4 aromatic rings. The fourth-order valence-corrected chi connectivity index (χ4v) is 3.09. The normalized spacial score (nSPS) is 10.7. The van der Waals surface area contributed by atoms with Gasteiger partial charge in [0.1, 0.15) is 5.75 Å². The molecule has 1 amide bonds. The van der Waals surface area contributed by atoms with Gasteiger partial charge in [0.15, 0.2) is 6.61 Å². The van der Waals surface area contributed by atoms with Crippen LogP contribution in [0.4, 0.5) is 0 Å². The van der Waals surface area contributed by atoms with Crippen LogP contribution in [0.5, 0.6) is 5.75 Å². The molecule has 2 aromatic heterocycles. The number of pyridine rings is 1. The highest BCUT2D eigenvalue weighted by Gasteiger charge is 2.12. The second kappa shape index (κ2) is 9.00. The Balaban J connectivity index is 1.53. The van der Waals surface area contributed by atoms with Crippen molar-refractivity contribution in [3.05, 3.63) is 101 Å². The van der Waals surface area contributed by atoms with Crippen LogP contribution in [0.3, 0.4) is 0 Å². The second-order valence-corrected chi connectivity index (χ2v) is 6.65. The van der Waals surface area contributed by atoms with Crippen LogP contribution in [0.15, 0.2) is 83.8 Å². The molecule has 2 aromatic carbocycles. The van der Waals surface area contributed by atoms with E-state index < -0.39 is 0 Å². The standard InChI is InChI=1S/C23H20N4O3/c28-22(16-30-18-9-2-1-3-10-18)25-14-21-19-11-4-5-12-20(19)23(29)27(26-21)15-17-8-6-7-13-24-17/h1-13H,14-16H2,(H,25,28). The largest absolute Gasteiger partial charge is 0.484 e. The Morgan fingerprint density at radius 1 is 0.933 bits per heavy atom. The summed E-state index contributed by atoms with van der Waals surface area (Å²) in [6, 6.07) is 21.9. The molecule has 0 aliphatic rings. The molecule has 7 heteroatoms. The second-order valence-electron chi connectivity index (χ2n) is 6.65. The van der Waals surface area contributed by atoms with Crippen molar-refractivity contribution in [1.82, 2.24) is 20.1 Å². The van der Waals surface area contributed by atoms with Crippen molar-refractivity contribution in [3.8, 4) is 5.75 Å². The van der Waals surface area contributed by atoms with Crippen molar-refractivity contribution in [1.29, 1.82) is 0 Å². The van der Waals surface area contributed by atoms with Crippen molar-refractivity contribution in [3.63, 3.8) is 0 Å². The Kier molecular flexibility index (Phi) is 5.80. The fraction of sp³-hybridized carbons (Fsp3) is 0.130. The SMILES string of the molecule is O=C(COc1ccccc1)NCc1nn(Cc2ccccn2)c(=O)c2ccccc12. The van der Waals surface area contributed by atoms with Crippen molar-refractivity contribution in [2.75, 3.05) is 6.61 Å². The van der Waals surface area contributed by atoms with Gasteiger partial charge in [-0.15, -0.1) is 0 Å². The number of hydrogen-bond acceptors (Lipinski definition) is 5. The number of amides is 1. The zero-order valence-corrected chi connectivity index (χ0v) is 16.2. The Morgan fingerprint density at radius 2 is 1.67 bits per heavy atom. The molecule has 0 unspecified atom stereocenters. The lowest BCUT2D eigenvalue weighted by Crippen LogP contribution is -2.31. The molecule has 4 rings (SSSR count). The molecule has 0 fully saturated rings. The van der Waals surface area contributed by atoms with Gasteiger partial charge in [0, 0.05) is 11.6 Å². The summed E-state index contributed by atoms with van der Waals surface area (Å²) in [6.45, 7) is 0.331. The van der Waals surface area contributed by atoms with Gasteiger partial charge >= 0.3 is 0 Å². The first kappa shape index (κ1) is 19.3. The van der Waals surface area contributed by atoms with Gasteiger partial charge in [0.05, 0.1) is 29.9 Å². The average molecular weight is 400 g/mol. The Hall–Kier alpha value is -4.00. The van der Waals surface area contributed by atoms with Gasteiger partial charge in [0.2, 0.25) is 0 Å². The summed E-state index contributed by atoms with van der Waals surface area (Å²) < 4.78 is 6.85. The Labute approximate surface area is 173 Å². The third-order valence-corrected chi connectivity index (χ3v) is 4.55. The number of nitrogens with zero attached hydrogens (tertiary/aromatic N) is 3. The molecule has 2 heterocycles. The quantitative estimate of drug-likeness (QED) is 0.515. The topological polar surface area (TPSA) is 86.1 Å². The predicted octanol–water partition coefficient (Wildman–Crippen LogP) is 2.54. The smallest absolute Gasteiger partial charge is 0.275 e. The number of ether oxygens (including phenoxy) is 1. The van der Waals surface area contributed by atoms with Gasteiger partial charge < -0.3 is 10.1 Å². The number of nitrogens with one attached hydrogen (secondary N) is 1. The molecule has 0 aliphatic carbocycles. The molecule has 30 heavy (non-hydrogen) atoms. The van der Waals surface area contributed by atoms with Gasteiger partial charge in [-0.25, -0.2) is 4.68 Å². The van der Waals surface area contributed by atoms with Crippen molar-refractivity contribution >= 4 is 16.7 Å². The predicted molar refractivity (Wildman–Crippen MR) is 113 cm³/mol. The van der Waals surface area contributed by atoms with E-state index in [1.54, 1.807) is 24.4 Å². The van der Waals surface area contributed by atoms with Gasteiger partial charge in [-0.2, -0.15) is 5.10 Å². The molecular weight excluding hydrogens is 380 g/mol. The van der Waals surface area contributed by atoms with Gasteiger partial charge in [0.25, 0.3) is 11.5 Å². The maximum atomic E-state index is 12.8. The minimum Gasteiger partial charge on any atom is -0.484 e. The zero-order valence-electron chi connectivity index (χ0n) is 16.2. The van der Waals surface area contributed by atoms with Gasteiger partial charge in [-0.1, -0.05) is 42.5 Å². The Morgan fingerprint density at radius 3 is 2.43 bits per heavy atom. The van der Waals surface area contributed by atoms with E-state index in [1.165, 1.54) is 4.68 Å². The zero-order chi connectivity index (χ0) is 20.8. The Bertz CT molecular complexity index is 1210. The van der Waals surface area contributed by atoms with Crippen LogP contribution in [0.25, 0.3) is 10.8 Å². The maximum Gasteiger partial charge on any atom is 0.275 e. The highest BCUT2D eigenvalue weighted by Crippen LogP contribution is 2.14. The first-order valence-electron chi connectivity index (χ1n) is 9.54. The first-order chi connectivity index (χ1) is 14.7. The summed E-state index contributed by atoms with van der Waals surface area (Å²) in [5, 5.41) is 8.57. The van der Waals surface area contributed by atoms with Crippen LogP contribution in [-0.4, -0.2) is 27.3 Å². The van der Waals surface area contributed by atoms with Crippen LogP contribution in [0.1, 0.15) is 11.4 Å². The van der Waals surface area contributed by atoms with E-state index in [4.69, 9.17) is 4.74 Å². The summed E-state index contributed by atoms with van der Waals surface area (Å²) in [4.78, 5) is 29.3. The number of benzene rings is 2. The summed E-state index contributed by atoms with van der Waals surface area (Å²) in [7, 11) is 0. The molecule has 150 valence electrons. The number of carbonyl (C=O) groups is 1. The monoisotopic (exact) mass is 400 g/mol. The molecular formula is C23H20N4O3. The van der Waals surface area contributed by atoms with Gasteiger partial charge in [-0.05, 0) is 30.3 Å². The molecule has 0 bridgehead atoms. The van der Waals surface area contributed by atoms with Crippen molar-refractivity contribution in [2.45, 2.75) is 13.1 Å². The van der Waals surface area contributed by atoms with Crippen LogP contribution in [0, 0.1) is 0 Å². The average Bonchev–Trinajstić information content (AvgIpc) is 2.80. The van der Waals surface area contributed by atoms with Gasteiger partial charge in [-0.3, -0.25) is 14.6 Å². The van der Waals surface area contributed by atoms with E-state index in [1.807, 2.05) is 54.6 Å². The lowest BCUT2D eigenvalue weighted by molar-refractivity contribution is -0.123. The van der Waals surface area contributed by atoms with Crippen molar-refractivity contribution < 1.29 is 9.53 Å². The van der Waals surface area contributed by atoms with E-state index in [0.29, 0.717) is 22.2 Å². The molecule has 0 radical (unpaired) electrons. The molecule has 0 spiro atoms. The van der Waals surface area contributed by atoms with Crippen LogP contribution in [0.2, 0.25) is 0 Å². The maximum absolute atomic E-state index is 12.8. The lowest BCUT2D eigenvalue weighted by atomic mass is 10.1. The highest BCUT2D eigenvalue weighted by molar-refractivity contribution is 5.84. The first-order valence-corrected chi connectivity index (χ1v) is 9.54. The fourth-order valence-electron chi connectivity index (χ4n) is 3.09. The van der Waals surface area contributed by atoms with Crippen LogP contribution >= 0.6 is 0 Å². The third kappa shape index (κ3) is 4.52. The summed E-state index contributed by atoms with van der Waals surface area (Å²) in [6.07, 6.45) is 1.68. The van der Waals surface area contributed by atoms with E-state index >= 15 is 0 Å². The van der Waals surface area contributed by atoms with Crippen LogP contribution in [-0.2, 0) is 17.9 Å². The van der Waals surface area contributed by atoms with Crippen LogP contribution < -0.4 is 15.6 Å². The van der Waals surface area contributed by atoms with Crippen molar-refractivity contribution in [2.24, 2.45) is 0 Å². The molecule has 0 aliphatic heterocycles. The summed E-state index contributed by atoms with van der Waals surface area (Å²) >= 11 is 0. The number of rotatable bonds is 7. The lowest BCUT2D eigenvalue weighted by Gasteiger charge is -2.12. The number of para-hydroxylation sites is 1. The number of hydrogen-bond donors (Lipinski definition) is 1. The summed E-state index contributed by atoms with van der Waals surface area (Å²) in [5.41, 5.74) is 1.14. The number of fused-ring (bicyclic) bond motifs is 1. The molecule has 0 atom stereocenters. The molecule has 0 saturated heterocycles. The molecule has 1 N–H and O–H groups in total.